The van der Waals surface area contributed by atoms with Crippen LogP contribution in [0.5, 0.6) is 5.88 Å². The third-order valence-electron chi connectivity index (χ3n) is 10.1. The van der Waals surface area contributed by atoms with Crippen LogP contribution < -0.4 is 4.74 Å². The second kappa shape index (κ2) is 20.9. The highest BCUT2D eigenvalue weighted by molar-refractivity contribution is 5.90. The van der Waals surface area contributed by atoms with Gasteiger partial charge in [-0.2, -0.15) is 63.0 Å². The highest BCUT2D eigenvalue weighted by Crippen LogP contribution is 2.39. The van der Waals surface area contributed by atoms with Crippen LogP contribution in [0.3, 0.4) is 0 Å². The largest absolute Gasteiger partial charge is 0.490 e. The average molecular weight is 964 g/mol. The van der Waals surface area contributed by atoms with E-state index < -0.39 is 59.9 Å². The Hall–Kier alpha value is -6.28. The van der Waals surface area contributed by atoms with Crippen LogP contribution >= 0.6 is 0 Å². The number of aliphatic hydroxyl groups excluding tert-OH is 1. The topological polar surface area (TPSA) is 244 Å². The van der Waals surface area contributed by atoms with Crippen LogP contribution in [0.2, 0.25) is 0 Å². The Kier molecular flexibility index (Phi) is 16.6. The van der Waals surface area contributed by atoms with Gasteiger partial charge in [0.1, 0.15) is 29.3 Å². The molecule has 1 saturated carbocycles. The maximum Gasteiger partial charge on any atom is 0.490 e. The van der Waals surface area contributed by atoms with E-state index in [2.05, 4.69) is 36.0 Å². The van der Waals surface area contributed by atoms with Crippen molar-refractivity contribution in [1.29, 1.82) is 5.26 Å². The lowest BCUT2D eigenvalue weighted by molar-refractivity contribution is -0.193. The van der Waals surface area contributed by atoms with E-state index in [1.54, 1.807) is 12.3 Å². The van der Waals surface area contributed by atoms with Crippen molar-refractivity contribution in [3.63, 3.8) is 0 Å². The standard InChI is InChI=1S/C31H34F3N9O2.3C2HF3O2/c32-31(33,34)26-11-20(14-41-10-6-23(44)16-41)12-27(40-26)45-24-3-1-22(2-4-24)42-17-30(18-42,7-8-35)43-15-21(13-39-43)28-25-5-9-36-29(25)38-19-37-28;3*3-2(4,5)1(6)7/h5,9,11-13,15,19,22-24,44H,1-4,6-7,10,14,16-18H2,(H,36,37,38);3*(H,6,7)/t22-,23-,24+;;;/m0.../s1. The predicted octanol–water partition coefficient (Wildman–Crippen LogP) is 6.02. The molecule has 66 heavy (non-hydrogen) atoms. The van der Waals surface area contributed by atoms with Gasteiger partial charge in [0.15, 0.2) is 0 Å². The number of β-amino-alcohol motifs (C(OH)–C–C–N with tert-alkyl or cyclic N) is 1. The smallest absolute Gasteiger partial charge is 0.475 e. The molecule has 0 amide bonds. The number of aromatic nitrogens is 6. The number of carboxylic acid groups (broad SMARTS) is 3. The van der Waals surface area contributed by atoms with Crippen molar-refractivity contribution in [3.8, 4) is 23.2 Å². The molecular weight excluding hydrogens is 926 g/mol. The number of hydrogen-bond donors (Lipinski definition) is 5. The first kappa shape index (κ1) is 52.3. The van der Waals surface area contributed by atoms with E-state index in [0.717, 1.165) is 41.2 Å². The van der Waals surface area contributed by atoms with Gasteiger partial charge in [0, 0.05) is 68.2 Å². The van der Waals surface area contributed by atoms with Gasteiger partial charge in [-0.1, -0.05) is 0 Å². The number of nitrogens with one attached hydrogen (secondary N) is 1. The van der Waals surface area contributed by atoms with E-state index in [-0.39, 0.29) is 12.0 Å². The molecule has 1 aliphatic carbocycles. The number of aliphatic carboxylic acids is 3. The van der Waals surface area contributed by atoms with Gasteiger partial charge in [-0.3, -0.25) is 14.5 Å². The monoisotopic (exact) mass is 963 g/mol. The van der Waals surface area contributed by atoms with E-state index in [1.807, 2.05) is 28.0 Å². The summed E-state index contributed by atoms with van der Waals surface area (Å²) in [5, 5.41) is 46.4. The first-order valence-electron chi connectivity index (χ1n) is 19.0. The molecule has 5 N–H and O–H groups in total. The molecule has 2 aliphatic heterocycles. The average Bonchev–Trinajstić information content (AvgIpc) is 3.98. The number of carboxylic acids is 3. The number of ether oxygens (including phenoxy) is 1. The molecule has 0 radical (unpaired) electrons. The number of carbonyl (C=O) groups is 3. The van der Waals surface area contributed by atoms with Crippen LogP contribution in [0.15, 0.2) is 43.1 Å². The third kappa shape index (κ3) is 14.4. The molecule has 0 spiro atoms. The van der Waals surface area contributed by atoms with E-state index in [1.165, 1.54) is 6.33 Å². The molecule has 0 unspecified atom stereocenters. The predicted molar refractivity (Wildman–Crippen MR) is 198 cm³/mol. The number of likely N-dealkylation sites (tertiary alicyclic amines) is 2. The van der Waals surface area contributed by atoms with E-state index >= 15 is 0 Å². The number of pyridine rings is 1. The van der Waals surface area contributed by atoms with Crippen LogP contribution in [0, 0.1) is 11.3 Å². The van der Waals surface area contributed by atoms with Crippen LogP contribution in [0.25, 0.3) is 22.3 Å². The Balaban J connectivity index is 0.000000377. The number of H-pyrrole nitrogens is 1. The normalized spacial score (nSPS) is 20.0. The fourth-order valence-electron chi connectivity index (χ4n) is 7.03. The third-order valence-corrected chi connectivity index (χ3v) is 10.1. The molecule has 4 aromatic heterocycles. The zero-order chi connectivity index (χ0) is 49.4. The molecule has 3 fully saturated rings. The number of alkyl halides is 12. The molecule has 29 heteroatoms. The fourth-order valence-corrected chi connectivity index (χ4v) is 7.03. The van der Waals surface area contributed by atoms with Crippen molar-refractivity contribution >= 4 is 28.9 Å². The molecule has 0 bridgehead atoms. The SMILES string of the molecule is N#CCC1(n2cc(-c3ncnc4[nH]ccc34)cn2)CN([C@H]2CC[C@@H](Oc3cc(CN4CC[C@H](O)C4)cc(C(F)(F)F)n3)CC2)C1.O=C(O)C(F)(F)F.O=C(O)C(F)(F)F.O=C(O)C(F)(F)F. The minimum absolute atomic E-state index is 0.00454. The molecule has 4 aromatic rings. The van der Waals surface area contributed by atoms with Crippen molar-refractivity contribution in [2.75, 3.05) is 26.2 Å². The second-order valence-electron chi connectivity index (χ2n) is 14.9. The molecule has 7 rings (SSSR count). The fraction of sp³-hybridized carbons (Fsp3) is 0.514. The summed E-state index contributed by atoms with van der Waals surface area (Å²) in [6.07, 6.45) is -9.43. The zero-order valence-corrected chi connectivity index (χ0v) is 33.6. The maximum absolute atomic E-state index is 13.7. The Morgan fingerprint density at radius 1 is 0.864 bits per heavy atom. The van der Waals surface area contributed by atoms with Crippen molar-refractivity contribution < 1.29 is 92.2 Å². The van der Waals surface area contributed by atoms with Gasteiger partial charge in [-0.25, -0.2) is 29.3 Å². The molecule has 2 saturated heterocycles. The first-order chi connectivity index (χ1) is 30.5. The van der Waals surface area contributed by atoms with Crippen LogP contribution in [0.1, 0.15) is 49.8 Å². The molecule has 6 heterocycles. The Morgan fingerprint density at radius 2 is 1.44 bits per heavy atom. The summed E-state index contributed by atoms with van der Waals surface area (Å²) in [5.41, 5.74) is 1.47. The highest BCUT2D eigenvalue weighted by atomic mass is 19.4. The van der Waals surface area contributed by atoms with E-state index in [0.29, 0.717) is 70.0 Å². The minimum Gasteiger partial charge on any atom is -0.475 e. The lowest BCUT2D eigenvalue weighted by atomic mass is 9.82. The number of nitrogens with zero attached hydrogens (tertiary/aromatic N) is 8. The lowest BCUT2D eigenvalue weighted by Crippen LogP contribution is -2.65. The lowest BCUT2D eigenvalue weighted by Gasteiger charge is -2.53. The van der Waals surface area contributed by atoms with E-state index in [4.69, 9.17) is 34.4 Å². The van der Waals surface area contributed by atoms with Crippen molar-refractivity contribution in [3.05, 3.63) is 54.4 Å². The van der Waals surface area contributed by atoms with Crippen LogP contribution in [-0.4, -0.2) is 141 Å². The molecule has 17 nitrogen and oxygen atoms in total. The van der Waals surface area contributed by atoms with Gasteiger partial charge < -0.3 is 30.1 Å². The Labute approximate surface area is 363 Å². The number of halogens is 12. The van der Waals surface area contributed by atoms with Gasteiger partial charge in [0.25, 0.3) is 0 Å². The number of nitriles is 1. The van der Waals surface area contributed by atoms with E-state index in [9.17, 15) is 63.1 Å². The minimum atomic E-state index is -5.08. The summed E-state index contributed by atoms with van der Waals surface area (Å²) in [5.74, 6) is -8.28. The first-order valence-corrected chi connectivity index (χ1v) is 19.0. The van der Waals surface area contributed by atoms with Crippen LogP contribution in [-0.2, 0) is 32.6 Å². The highest BCUT2D eigenvalue weighted by Gasteiger charge is 2.48. The van der Waals surface area contributed by atoms with Gasteiger partial charge in [0.2, 0.25) is 5.88 Å². The summed E-state index contributed by atoms with van der Waals surface area (Å²) in [6.45, 7) is 2.75. The molecular formula is C37H37F12N9O8. The summed E-state index contributed by atoms with van der Waals surface area (Å²) in [4.78, 5) is 46.6. The van der Waals surface area contributed by atoms with Crippen molar-refractivity contribution in [2.24, 2.45) is 0 Å². The quantitative estimate of drug-likeness (QED) is 0.127. The van der Waals surface area contributed by atoms with Gasteiger partial charge >= 0.3 is 42.6 Å². The summed E-state index contributed by atoms with van der Waals surface area (Å²) in [7, 11) is 0. The Morgan fingerprint density at radius 3 is 1.94 bits per heavy atom. The zero-order valence-electron chi connectivity index (χ0n) is 33.6. The number of aromatic amines is 1. The molecule has 362 valence electrons. The summed E-state index contributed by atoms with van der Waals surface area (Å²) < 4.78 is 144. The van der Waals surface area contributed by atoms with Crippen molar-refractivity contribution in [1.82, 2.24) is 39.5 Å². The number of rotatable bonds is 8. The summed E-state index contributed by atoms with van der Waals surface area (Å²) >= 11 is 0. The van der Waals surface area contributed by atoms with Gasteiger partial charge in [0.05, 0.1) is 30.5 Å². The number of aliphatic hydroxyl groups is 1. The molecule has 3 aliphatic rings. The van der Waals surface area contributed by atoms with Crippen molar-refractivity contribution in [2.45, 2.75) is 93.6 Å². The van der Waals surface area contributed by atoms with Crippen LogP contribution in [0.4, 0.5) is 52.7 Å². The molecule has 0 aromatic carbocycles. The summed E-state index contributed by atoms with van der Waals surface area (Å²) in [6, 6.07) is 7.24. The maximum atomic E-state index is 13.7. The Bertz CT molecular complexity index is 2270. The number of hydrogen-bond acceptors (Lipinski definition) is 12. The van der Waals surface area contributed by atoms with Gasteiger partial charge in [-0.15, -0.1) is 0 Å². The second-order valence-corrected chi connectivity index (χ2v) is 14.9. The van der Waals surface area contributed by atoms with Gasteiger partial charge in [-0.05, 0) is 49.8 Å². The number of fused-ring (bicyclic) bond motifs is 1. The molecule has 1 atom stereocenters.